The fourth-order valence-corrected chi connectivity index (χ4v) is 8.01. The Kier molecular flexibility index (Phi) is 12.3. The van der Waals surface area contributed by atoms with E-state index in [-0.39, 0.29) is 40.5 Å². The van der Waals surface area contributed by atoms with Crippen LogP contribution >= 0.6 is 46.4 Å². The van der Waals surface area contributed by atoms with Crippen LogP contribution in [0.2, 0.25) is 20.1 Å². The van der Waals surface area contributed by atoms with Crippen LogP contribution in [0.25, 0.3) is 0 Å². The number of halogens is 4. The molecule has 1 aliphatic rings. The van der Waals surface area contributed by atoms with Gasteiger partial charge in [0.1, 0.15) is 12.6 Å². The van der Waals surface area contributed by atoms with Crippen molar-refractivity contribution in [3.63, 3.8) is 0 Å². The smallest absolute Gasteiger partial charge is 0.264 e. The van der Waals surface area contributed by atoms with Crippen LogP contribution < -0.4 is 9.62 Å². The molecule has 0 saturated heterocycles. The van der Waals surface area contributed by atoms with Crippen LogP contribution in [0.4, 0.5) is 5.69 Å². The molecule has 0 heterocycles. The fourth-order valence-electron chi connectivity index (χ4n) is 5.83. The van der Waals surface area contributed by atoms with Gasteiger partial charge >= 0.3 is 0 Å². The normalized spacial score (nSPS) is 14.2. The molecule has 48 heavy (non-hydrogen) atoms. The van der Waals surface area contributed by atoms with E-state index >= 15 is 0 Å². The van der Waals surface area contributed by atoms with Gasteiger partial charge in [-0.15, -0.1) is 0 Å². The summed E-state index contributed by atoms with van der Waals surface area (Å²) in [6.07, 6.45) is 5.02. The average Bonchev–Trinajstić information content (AvgIpc) is 3.07. The van der Waals surface area contributed by atoms with Crippen molar-refractivity contribution >= 4 is 73.9 Å². The Morgan fingerprint density at radius 2 is 1.44 bits per heavy atom. The second-order valence-electron chi connectivity index (χ2n) is 11.8. The summed E-state index contributed by atoms with van der Waals surface area (Å²) in [5, 5.41) is 4.56. The molecular weight excluding hydrogens is 712 g/mol. The lowest BCUT2D eigenvalue weighted by Crippen LogP contribution is -2.55. The van der Waals surface area contributed by atoms with Gasteiger partial charge in [0, 0.05) is 39.1 Å². The minimum Gasteiger partial charge on any atom is -0.352 e. The predicted molar refractivity (Wildman–Crippen MR) is 193 cm³/mol. The lowest BCUT2D eigenvalue weighted by Gasteiger charge is -2.35. The van der Waals surface area contributed by atoms with E-state index in [1.165, 1.54) is 35.2 Å². The molecule has 1 aliphatic carbocycles. The van der Waals surface area contributed by atoms with Crippen LogP contribution in [0, 0.1) is 0 Å². The SMILES string of the molecule is O=C(NC1CCCCC1)[C@@H](Cc1ccccc1)N(Cc1ccc(Cl)cc1Cl)C(=O)CN(c1cccc(Cl)c1)S(=O)(=O)c1ccc(Cl)cc1. The van der Waals surface area contributed by atoms with Gasteiger partial charge in [0.05, 0.1) is 10.6 Å². The highest BCUT2D eigenvalue weighted by Gasteiger charge is 2.35. The van der Waals surface area contributed by atoms with Crippen molar-refractivity contribution in [2.24, 2.45) is 0 Å². The molecule has 1 saturated carbocycles. The largest absolute Gasteiger partial charge is 0.352 e. The van der Waals surface area contributed by atoms with Crippen molar-refractivity contribution in [1.82, 2.24) is 10.2 Å². The summed E-state index contributed by atoms with van der Waals surface area (Å²) in [6.45, 7) is -0.701. The van der Waals surface area contributed by atoms with E-state index in [4.69, 9.17) is 46.4 Å². The number of anilines is 1. The quantitative estimate of drug-likeness (QED) is 0.157. The second-order valence-corrected chi connectivity index (χ2v) is 15.3. The Bertz CT molecular complexity index is 1840. The second kappa shape index (κ2) is 16.4. The number of nitrogens with one attached hydrogen (secondary N) is 1. The minimum atomic E-state index is -4.31. The monoisotopic (exact) mass is 745 g/mol. The molecule has 0 bridgehead atoms. The third-order valence-electron chi connectivity index (χ3n) is 8.36. The first-order valence-corrected chi connectivity index (χ1v) is 18.6. The zero-order valence-electron chi connectivity index (χ0n) is 26.0. The molecule has 252 valence electrons. The van der Waals surface area contributed by atoms with E-state index in [1.54, 1.807) is 36.4 Å². The van der Waals surface area contributed by atoms with E-state index in [0.29, 0.717) is 20.6 Å². The molecule has 0 aromatic heterocycles. The van der Waals surface area contributed by atoms with Gasteiger partial charge in [-0.25, -0.2) is 8.42 Å². The number of hydrogen-bond acceptors (Lipinski definition) is 4. The van der Waals surface area contributed by atoms with E-state index < -0.39 is 28.5 Å². The summed E-state index contributed by atoms with van der Waals surface area (Å²) < 4.78 is 29.3. The Balaban J connectivity index is 1.58. The van der Waals surface area contributed by atoms with Gasteiger partial charge < -0.3 is 10.2 Å². The standard InChI is InChI=1S/C36H35Cl4N3O4S/c37-27-16-18-32(19-17-27)48(46,47)43(31-13-7-10-28(38)21-31)24-35(44)42(23-26-14-15-29(39)22-33(26)40)34(20-25-8-3-1-4-9-25)36(45)41-30-11-5-2-6-12-30/h1,3-4,7-10,13-19,21-22,30,34H,2,5-6,11-12,20,23-24H2,(H,41,45)/t34-/m1/s1. The molecule has 5 rings (SSSR count). The van der Waals surface area contributed by atoms with Crippen molar-refractivity contribution in [2.75, 3.05) is 10.8 Å². The molecule has 7 nitrogen and oxygen atoms in total. The molecule has 0 radical (unpaired) electrons. The molecule has 1 atom stereocenters. The molecule has 0 spiro atoms. The number of amides is 2. The van der Waals surface area contributed by atoms with Crippen molar-refractivity contribution < 1.29 is 18.0 Å². The molecule has 1 fully saturated rings. The number of carbonyl (C=O) groups is 2. The van der Waals surface area contributed by atoms with Gasteiger partial charge in [-0.3, -0.25) is 13.9 Å². The van der Waals surface area contributed by atoms with Crippen LogP contribution in [-0.4, -0.2) is 43.8 Å². The first-order valence-electron chi connectivity index (χ1n) is 15.6. The van der Waals surface area contributed by atoms with Gasteiger partial charge in [-0.1, -0.05) is 108 Å². The van der Waals surface area contributed by atoms with E-state index in [1.807, 2.05) is 30.3 Å². The van der Waals surface area contributed by atoms with E-state index in [0.717, 1.165) is 42.0 Å². The lowest BCUT2D eigenvalue weighted by atomic mass is 9.94. The van der Waals surface area contributed by atoms with Crippen molar-refractivity contribution in [2.45, 2.75) is 62.0 Å². The molecular formula is C36H35Cl4N3O4S. The zero-order chi connectivity index (χ0) is 34.3. The minimum absolute atomic E-state index is 0.0196. The zero-order valence-corrected chi connectivity index (χ0v) is 29.8. The van der Waals surface area contributed by atoms with E-state index in [9.17, 15) is 18.0 Å². The maximum Gasteiger partial charge on any atom is 0.264 e. The van der Waals surface area contributed by atoms with Gasteiger partial charge in [-0.2, -0.15) is 0 Å². The van der Waals surface area contributed by atoms with Crippen LogP contribution in [0.5, 0.6) is 0 Å². The van der Waals surface area contributed by atoms with Crippen molar-refractivity contribution in [3.8, 4) is 0 Å². The van der Waals surface area contributed by atoms with Gasteiger partial charge in [0.25, 0.3) is 10.0 Å². The number of hydrogen-bond donors (Lipinski definition) is 1. The number of nitrogens with zero attached hydrogens (tertiary/aromatic N) is 2. The third kappa shape index (κ3) is 9.24. The first kappa shape index (κ1) is 36.0. The highest BCUT2D eigenvalue weighted by molar-refractivity contribution is 7.92. The molecule has 4 aromatic carbocycles. The maximum absolute atomic E-state index is 14.7. The van der Waals surface area contributed by atoms with Gasteiger partial charge in [0.15, 0.2) is 0 Å². The number of sulfonamides is 1. The summed E-state index contributed by atoms with van der Waals surface area (Å²) in [6, 6.07) is 25.2. The Morgan fingerprint density at radius 1 is 0.771 bits per heavy atom. The molecule has 1 N–H and O–H groups in total. The van der Waals surface area contributed by atoms with E-state index in [2.05, 4.69) is 5.32 Å². The molecule has 12 heteroatoms. The van der Waals surface area contributed by atoms with Crippen LogP contribution in [0.15, 0.2) is 102 Å². The Hall–Kier alpha value is -3.27. The van der Waals surface area contributed by atoms with Gasteiger partial charge in [-0.05, 0) is 78.6 Å². The predicted octanol–water partition coefficient (Wildman–Crippen LogP) is 8.58. The summed E-state index contributed by atoms with van der Waals surface area (Å²) in [4.78, 5) is 30.2. The first-order chi connectivity index (χ1) is 23.0. The summed E-state index contributed by atoms with van der Waals surface area (Å²) in [5.41, 5.74) is 1.57. The Morgan fingerprint density at radius 3 is 2.10 bits per heavy atom. The molecule has 0 unspecified atom stereocenters. The van der Waals surface area contributed by atoms with Crippen LogP contribution in [-0.2, 0) is 32.6 Å². The third-order valence-corrected chi connectivity index (χ3v) is 11.2. The van der Waals surface area contributed by atoms with Crippen LogP contribution in [0.1, 0.15) is 43.2 Å². The lowest BCUT2D eigenvalue weighted by molar-refractivity contribution is -0.140. The summed E-state index contributed by atoms with van der Waals surface area (Å²) in [7, 11) is -4.31. The topological polar surface area (TPSA) is 86.8 Å². The average molecular weight is 748 g/mol. The molecule has 4 aromatic rings. The number of carbonyl (C=O) groups excluding carboxylic acids is 2. The fraction of sp³-hybridized carbons (Fsp3) is 0.278. The summed E-state index contributed by atoms with van der Waals surface area (Å²) >= 11 is 25.2. The molecule has 2 amide bonds. The van der Waals surface area contributed by atoms with Crippen molar-refractivity contribution in [3.05, 3.63) is 128 Å². The highest BCUT2D eigenvalue weighted by Crippen LogP contribution is 2.29. The summed E-state index contributed by atoms with van der Waals surface area (Å²) in [5.74, 6) is -0.933. The van der Waals surface area contributed by atoms with Crippen molar-refractivity contribution in [1.29, 1.82) is 0 Å². The van der Waals surface area contributed by atoms with Crippen LogP contribution in [0.3, 0.4) is 0 Å². The molecule has 0 aliphatic heterocycles. The number of benzene rings is 4. The maximum atomic E-state index is 14.7. The highest BCUT2D eigenvalue weighted by atomic mass is 35.5. The number of rotatable bonds is 12. The van der Waals surface area contributed by atoms with Gasteiger partial charge in [0.2, 0.25) is 11.8 Å². The Labute approximate surface area is 301 Å².